The number of carbonyl (C=O) groups excluding carboxylic acids is 1. The lowest BCUT2D eigenvalue weighted by Gasteiger charge is -2.10. The molecule has 0 saturated heterocycles. The molecule has 0 atom stereocenters. The van der Waals surface area contributed by atoms with Crippen LogP contribution in [0, 0.1) is 11.8 Å². The van der Waals surface area contributed by atoms with Crippen molar-refractivity contribution in [1.82, 2.24) is 0 Å². The molecule has 1 aromatic carbocycles. The van der Waals surface area contributed by atoms with Crippen molar-refractivity contribution in [2.24, 2.45) is 0 Å². The second kappa shape index (κ2) is 9.04. The minimum absolute atomic E-state index is 0.283. The van der Waals surface area contributed by atoms with E-state index in [1.165, 1.54) is 0 Å². The van der Waals surface area contributed by atoms with Crippen molar-refractivity contribution in [3.63, 3.8) is 0 Å². The smallest absolute Gasteiger partial charge is 0.312 e. The summed E-state index contributed by atoms with van der Waals surface area (Å²) >= 11 is 0. The standard InChI is InChI=1S/C16H20O3/c1-3-5-7-12-16(17)19-15-11-9-8-10-14(15)18-13-6-4-2/h8-11H,4,6-7,12-13H2,1-2H3. The van der Waals surface area contributed by atoms with Crippen molar-refractivity contribution in [3.8, 4) is 23.3 Å². The molecule has 0 fully saturated rings. The topological polar surface area (TPSA) is 35.5 Å². The number of unbranched alkanes of at least 4 members (excludes halogenated alkanes) is 1. The zero-order chi connectivity index (χ0) is 13.9. The quantitative estimate of drug-likeness (QED) is 0.325. The van der Waals surface area contributed by atoms with Crippen LogP contribution in [0.15, 0.2) is 24.3 Å². The van der Waals surface area contributed by atoms with Crippen LogP contribution in [0.5, 0.6) is 11.5 Å². The highest BCUT2D eigenvalue weighted by Crippen LogP contribution is 2.27. The lowest BCUT2D eigenvalue weighted by atomic mass is 10.3. The summed E-state index contributed by atoms with van der Waals surface area (Å²) in [6.07, 6.45) is 2.87. The molecule has 0 amide bonds. The zero-order valence-electron chi connectivity index (χ0n) is 11.6. The maximum absolute atomic E-state index is 11.6. The number of rotatable bonds is 7. The van der Waals surface area contributed by atoms with Crippen LogP contribution >= 0.6 is 0 Å². The Hall–Kier alpha value is -1.95. The molecule has 3 heteroatoms. The Bertz CT molecular complexity index is 455. The van der Waals surface area contributed by atoms with Crippen LogP contribution in [0.4, 0.5) is 0 Å². The van der Waals surface area contributed by atoms with Crippen LogP contribution in [-0.2, 0) is 4.79 Å². The van der Waals surface area contributed by atoms with Crippen molar-refractivity contribution in [3.05, 3.63) is 24.3 Å². The molecule has 102 valence electrons. The molecule has 1 rings (SSSR count). The zero-order valence-corrected chi connectivity index (χ0v) is 11.6. The van der Waals surface area contributed by atoms with Crippen molar-refractivity contribution < 1.29 is 14.3 Å². The van der Waals surface area contributed by atoms with Gasteiger partial charge >= 0.3 is 5.97 Å². The van der Waals surface area contributed by atoms with Crippen molar-refractivity contribution >= 4 is 5.97 Å². The third-order valence-corrected chi connectivity index (χ3v) is 2.46. The number of hydrogen-bond donors (Lipinski definition) is 0. The van der Waals surface area contributed by atoms with Gasteiger partial charge in [0.2, 0.25) is 0 Å². The predicted octanol–water partition coefficient (Wildman–Crippen LogP) is 3.57. The molecular weight excluding hydrogens is 240 g/mol. The van der Waals surface area contributed by atoms with Crippen molar-refractivity contribution in [2.75, 3.05) is 6.61 Å². The SMILES string of the molecule is CC#CCCC(=O)Oc1ccccc1OCCCC. The fourth-order valence-electron chi connectivity index (χ4n) is 1.44. The summed E-state index contributed by atoms with van der Waals surface area (Å²) < 4.78 is 10.9. The van der Waals surface area contributed by atoms with Gasteiger partial charge in [0.25, 0.3) is 0 Å². The van der Waals surface area contributed by atoms with Crippen LogP contribution in [0.2, 0.25) is 0 Å². The average molecular weight is 260 g/mol. The molecule has 0 aliphatic rings. The Balaban J connectivity index is 2.55. The van der Waals surface area contributed by atoms with Crippen LogP contribution in [0.1, 0.15) is 39.5 Å². The Morgan fingerprint density at radius 2 is 2.00 bits per heavy atom. The fraction of sp³-hybridized carbons (Fsp3) is 0.438. The molecule has 0 N–H and O–H groups in total. The Kier molecular flexibility index (Phi) is 7.19. The van der Waals surface area contributed by atoms with Crippen molar-refractivity contribution in [2.45, 2.75) is 39.5 Å². The third-order valence-electron chi connectivity index (χ3n) is 2.46. The van der Waals surface area contributed by atoms with Gasteiger partial charge in [0.05, 0.1) is 13.0 Å². The van der Waals surface area contributed by atoms with E-state index in [0.29, 0.717) is 30.9 Å². The lowest BCUT2D eigenvalue weighted by Crippen LogP contribution is -2.08. The molecule has 3 nitrogen and oxygen atoms in total. The summed E-state index contributed by atoms with van der Waals surface area (Å²) in [4.78, 5) is 11.6. The Labute approximate surface area is 114 Å². The first-order valence-electron chi connectivity index (χ1n) is 6.60. The summed E-state index contributed by atoms with van der Waals surface area (Å²) in [5, 5.41) is 0. The summed E-state index contributed by atoms with van der Waals surface area (Å²) in [6, 6.07) is 7.23. The first-order chi connectivity index (χ1) is 9.27. The molecule has 0 aliphatic heterocycles. The minimum Gasteiger partial charge on any atom is -0.490 e. The normalized spacial score (nSPS) is 9.37. The molecule has 1 aromatic rings. The van der Waals surface area contributed by atoms with E-state index < -0.39 is 0 Å². The number of carbonyl (C=O) groups is 1. The second-order valence-electron chi connectivity index (χ2n) is 4.05. The molecule has 0 saturated carbocycles. The van der Waals surface area contributed by atoms with Gasteiger partial charge < -0.3 is 9.47 Å². The van der Waals surface area contributed by atoms with E-state index in [4.69, 9.17) is 9.47 Å². The molecule has 0 aliphatic carbocycles. The lowest BCUT2D eigenvalue weighted by molar-refractivity contribution is -0.134. The highest BCUT2D eigenvalue weighted by molar-refractivity contribution is 5.73. The van der Waals surface area contributed by atoms with E-state index in [1.807, 2.05) is 18.2 Å². The number of benzene rings is 1. The molecule has 0 bridgehead atoms. The number of para-hydroxylation sites is 2. The van der Waals surface area contributed by atoms with Gasteiger partial charge in [-0.3, -0.25) is 4.79 Å². The molecule has 0 aromatic heterocycles. The summed E-state index contributed by atoms with van der Waals surface area (Å²) in [5.74, 6) is 6.40. The Morgan fingerprint density at radius 3 is 2.68 bits per heavy atom. The summed E-state index contributed by atoms with van der Waals surface area (Å²) in [7, 11) is 0. The van der Waals surface area contributed by atoms with Gasteiger partial charge in [0, 0.05) is 6.42 Å². The first-order valence-corrected chi connectivity index (χ1v) is 6.60. The van der Waals surface area contributed by atoms with Gasteiger partial charge in [-0.05, 0) is 25.5 Å². The van der Waals surface area contributed by atoms with E-state index in [9.17, 15) is 4.79 Å². The first kappa shape index (κ1) is 15.1. The average Bonchev–Trinajstić information content (AvgIpc) is 2.41. The van der Waals surface area contributed by atoms with Crippen LogP contribution in [-0.4, -0.2) is 12.6 Å². The van der Waals surface area contributed by atoms with E-state index in [-0.39, 0.29) is 5.97 Å². The predicted molar refractivity (Wildman–Crippen MR) is 75.2 cm³/mol. The van der Waals surface area contributed by atoms with Crippen LogP contribution in [0.25, 0.3) is 0 Å². The summed E-state index contributed by atoms with van der Waals surface area (Å²) in [6.45, 7) is 4.48. The largest absolute Gasteiger partial charge is 0.490 e. The Morgan fingerprint density at radius 1 is 1.26 bits per heavy atom. The molecule has 0 unspecified atom stereocenters. The van der Waals surface area contributed by atoms with E-state index in [0.717, 1.165) is 12.8 Å². The van der Waals surface area contributed by atoms with Gasteiger partial charge in [-0.25, -0.2) is 0 Å². The van der Waals surface area contributed by atoms with Crippen LogP contribution in [0.3, 0.4) is 0 Å². The van der Waals surface area contributed by atoms with Gasteiger partial charge in [0.1, 0.15) is 0 Å². The minimum atomic E-state index is -0.283. The highest BCUT2D eigenvalue weighted by atomic mass is 16.6. The number of ether oxygens (including phenoxy) is 2. The second-order valence-corrected chi connectivity index (χ2v) is 4.05. The van der Waals surface area contributed by atoms with Gasteiger partial charge in [-0.2, -0.15) is 0 Å². The van der Waals surface area contributed by atoms with Gasteiger partial charge in [0.15, 0.2) is 11.5 Å². The van der Waals surface area contributed by atoms with Gasteiger partial charge in [-0.1, -0.05) is 25.5 Å². The van der Waals surface area contributed by atoms with Gasteiger partial charge in [-0.15, -0.1) is 11.8 Å². The molecule has 0 heterocycles. The van der Waals surface area contributed by atoms with E-state index in [2.05, 4.69) is 18.8 Å². The number of esters is 1. The molecule has 19 heavy (non-hydrogen) atoms. The third kappa shape index (κ3) is 5.96. The monoisotopic (exact) mass is 260 g/mol. The highest BCUT2D eigenvalue weighted by Gasteiger charge is 2.09. The van der Waals surface area contributed by atoms with Crippen molar-refractivity contribution in [1.29, 1.82) is 0 Å². The molecular formula is C16H20O3. The van der Waals surface area contributed by atoms with E-state index >= 15 is 0 Å². The van der Waals surface area contributed by atoms with Crippen LogP contribution < -0.4 is 9.47 Å². The summed E-state index contributed by atoms with van der Waals surface area (Å²) in [5.41, 5.74) is 0. The number of hydrogen-bond acceptors (Lipinski definition) is 3. The molecule has 0 spiro atoms. The fourth-order valence-corrected chi connectivity index (χ4v) is 1.44. The van der Waals surface area contributed by atoms with E-state index in [1.54, 1.807) is 13.0 Å². The maximum Gasteiger partial charge on any atom is 0.312 e. The maximum atomic E-state index is 11.6. The molecule has 0 radical (unpaired) electrons.